The molecule has 0 bridgehead atoms. The molecule has 116 valence electrons. The summed E-state index contributed by atoms with van der Waals surface area (Å²) in [5, 5.41) is 12.4. The second-order valence-corrected chi connectivity index (χ2v) is 5.79. The minimum absolute atomic E-state index is 0.0166. The molecule has 1 aromatic carbocycles. The Kier molecular flexibility index (Phi) is 3.89. The van der Waals surface area contributed by atoms with Crippen molar-refractivity contribution in [2.75, 3.05) is 4.90 Å². The highest BCUT2D eigenvalue weighted by molar-refractivity contribution is 7.84. The van der Waals surface area contributed by atoms with Crippen molar-refractivity contribution in [3.05, 3.63) is 64.1 Å². The van der Waals surface area contributed by atoms with E-state index in [1.165, 1.54) is 0 Å². The van der Waals surface area contributed by atoms with E-state index in [2.05, 4.69) is 17.9 Å². The Labute approximate surface area is 139 Å². The molecule has 1 aliphatic heterocycles. The third-order valence-electron chi connectivity index (χ3n) is 3.75. The van der Waals surface area contributed by atoms with E-state index in [-0.39, 0.29) is 5.57 Å². The number of thiol groups is 1. The summed E-state index contributed by atoms with van der Waals surface area (Å²) in [5.41, 5.74) is 2.92. The number of nitrogens with one attached hydrogen (secondary N) is 1. The van der Waals surface area contributed by atoms with Crippen LogP contribution in [0.3, 0.4) is 0 Å². The zero-order valence-electron chi connectivity index (χ0n) is 12.7. The van der Waals surface area contributed by atoms with Gasteiger partial charge in [-0.2, -0.15) is 5.26 Å². The summed E-state index contributed by atoms with van der Waals surface area (Å²) in [4.78, 5) is 14.0. The van der Waals surface area contributed by atoms with Gasteiger partial charge >= 0.3 is 0 Å². The van der Waals surface area contributed by atoms with Crippen LogP contribution in [0, 0.1) is 25.2 Å². The van der Waals surface area contributed by atoms with Crippen LogP contribution in [0.5, 0.6) is 0 Å². The molecule has 1 aliphatic rings. The Morgan fingerprint density at radius 1 is 1.35 bits per heavy atom. The van der Waals surface area contributed by atoms with Crippen LogP contribution < -0.4 is 10.2 Å². The number of benzene rings is 1. The topological polar surface area (TPSA) is 69.3 Å². The van der Waals surface area contributed by atoms with E-state index in [0.29, 0.717) is 10.8 Å². The third kappa shape index (κ3) is 2.60. The van der Waals surface area contributed by atoms with Crippen LogP contribution in [0.4, 0.5) is 5.69 Å². The molecule has 1 amide bonds. The number of hydrogen-bond acceptors (Lipinski definition) is 5. The molecule has 0 saturated carbocycles. The molecule has 3 rings (SSSR count). The van der Waals surface area contributed by atoms with Crippen molar-refractivity contribution in [2.24, 2.45) is 0 Å². The Hall–Kier alpha value is -2.65. The van der Waals surface area contributed by atoms with Crippen LogP contribution >= 0.6 is 12.6 Å². The number of carbonyl (C=O) groups excluding carboxylic acids is 1. The average Bonchev–Trinajstić information content (AvgIpc) is 3.04. The highest BCUT2D eigenvalue weighted by Crippen LogP contribution is 2.37. The van der Waals surface area contributed by atoms with Gasteiger partial charge < -0.3 is 14.6 Å². The normalized spacial score (nSPS) is 17.9. The quantitative estimate of drug-likeness (QED) is 0.832. The molecular formula is C17H15N3O2S. The molecule has 5 nitrogen and oxygen atoms in total. The zero-order chi connectivity index (χ0) is 16.6. The first-order chi connectivity index (χ1) is 11.0. The molecule has 0 fully saturated rings. The van der Waals surface area contributed by atoms with E-state index in [1.54, 1.807) is 18.4 Å². The monoisotopic (exact) mass is 325 g/mol. The van der Waals surface area contributed by atoms with Crippen molar-refractivity contribution in [1.82, 2.24) is 5.32 Å². The van der Waals surface area contributed by atoms with Gasteiger partial charge in [-0.25, -0.2) is 0 Å². The highest BCUT2D eigenvalue weighted by Gasteiger charge is 2.35. The van der Waals surface area contributed by atoms with Gasteiger partial charge in [-0.3, -0.25) is 4.79 Å². The van der Waals surface area contributed by atoms with Crippen molar-refractivity contribution in [3.63, 3.8) is 0 Å². The van der Waals surface area contributed by atoms with E-state index in [1.807, 2.05) is 43.0 Å². The molecule has 1 aromatic heterocycles. The summed E-state index contributed by atoms with van der Waals surface area (Å²) in [6.07, 6.45) is 0.993. The van der Waals surface area contributed by atoms with E-state index in [9.17, 15) is 10.1 Å². The fourth-order valence-electron chi connectivity index (χ4n) is 2.58. The van der Waals surface area contributed by atoms with Gasteiger partial charge in [0.05, 0.1) is 11.3 Å². The largest absolute Gasteiger partial charge is 0.465 e. The maximum absolute atomic E-state index is 12.2. The summed E-state index contributed by atoms with van der Waals surface area (Å²) < 4.78 is 5.46. The molecule has 2 heterocycles. The number of nitrogens with zero attached hydrogens (tertiary/aromatic N) is 2. The molecule has 23 heavy (non-hydrogen) atoms. The van der Waals surface area contributed by atoms with Gasteiger partial charge in [0.2, 0.25) is 0 Å². The molecule has 0 aliphatic carbocycles. The van der Waals surface area contributed by atoms with Gasteiger partial charge in [-0.1, -0.05) is 12.1 Å². The fraction of sp³-hybridized carbons (Fsp3) is 0.176. The lowest BCUT2D eigenvalue weighted by Gasteiger charge is -2.37. The van der Waals surface area contributed by atoms with Gasteiger partial charge in [0.15, 0.2) is 6.17 Å². The number of amides is 1. The van der Waals surface area contributed by atoms with Crippen LogP contribution in [0.1, 0.15) is 23.1 Å². The van der Waals surface area contributed by atoms with Crippen molar-refractivity contribution in [2.45, 2.75) is 20.0 Å². The molecule has 1 N–H and O–H groups in total. The lowest BCUT2D eigenvalue weighted by atomic mass is 10.1. The number of nitriles is 1. The predicted molar refractivity (Wildman–Crippen MR) is 89.6 cm³/mol. The molecule has 6 heteroatoms. The number of anilines is 1. The minimum Gasteiger partial charge on any atom is -0.465 e. The first kappa shape index (κ1) is 15.3. The first-order valence-corrected chi connectivity index (χ1v) is 7.51. The van der Waals surface area contributed by atoms with Crippen LogP contribution in [0.25, 0.3) is 0 Å². The molecular weight excluding hydrogens is 310 g/mol. The lowest BCUT2D eigenvalue weighted by Crippen LogP contribution is -2.46. The summed E-state index contributed by atoms with van der Waals surface area (Å²) in [6, 6.07) is 11.5. The first-order valence-electron chi connectivity index (χ1n) is 7.07. The van der Waals surface area contributed by atoms with E-state index < -0.39 is 12.1 Å². The number of furan rings is 1. The van der Waals surface area contributed by atoms with Crippen molar-refractivity contribution >= 4 is 24.2 Å². The lowest BCUT2D eigenvalue weighted by molar-refractivity contribution is -0.118. The van der Waals surface area contributed by atoms with Gasteiger partial charge in [0.25, 0.3) is 5.91 Å². The molecule has 1 unspecified atom stereocenters. The number of hydrogen-bond donors (Lipinski definition) is 2. The molecule has 0 radical (unpaired) electrons. The molecule has 0 saturated heterocycles. The van der Waals surface area contributed by atoms with Gasteiger partial charge in [-0.05, 0) is 43.2 Å². The Bertz CT molecular complexity index is 834. The smallest absolute Gasteiger partial charge is 0.266 e. The summed E-state index contributed by atoms with van der Waals surface area (Å²) >= 11 is 4.45. The van der Waals surface area contributed by atoms with E-state index in [0.717, 1.165) is 16.8 Å². The number of carbonyl (C=O) groups is 1. The van der Waals surface area contributed by atoms with Crippen LogP contribution in [-0.2, 0) is 4.79 Å². The Balaban J connectivity index is 2.22. The second kappa shape index (κ2) is 5.86. The second-order valence-electron chi connectivity index (χ2n) is 5.36. The molecule has 0 spiro atoms. The maximum atomic E-state index is 12.2. The summed E-state index contributed by atoms with van der Waals surface area (Å²) in [7, 11) is 0. The summed E-state index contributed by atoms with van der Waals surface area (Å²) in [5.74, 6) is 0.114. The van der Waals surface area contributed by atoms with Crippen LogP contribution in [0.15, 0.2) is 51.6 Å². The predicted octanol–water partition coefficient (Wildman–Crippen LogP) is 3.20. The number of aryl methyl sites for hydroxylation is 2. The fourth-order valence-corrected chi connectivity index (χ4v) is 2.96. The van der Waals surface area contributed by atoms with Gasteiger partial charge in [0, 0.05) is 5.69 Å². The van der Waals surface area contributed by atoms with E-state index >= 15 is 0 Å². The van der Waals surface area contributed by atoms with Crippen molar-refractivity contribution in [1.29, 1.82) is 5.26 Å². The minimum atomic E-state index is -0.553. The molecule has 1 atom stereocenters. The van der Waals surface area contributed by atoms with E-state index in [4.69, 9.17) is 4.42 Å². The Morgan fingerprint density at radius 2 is 2.13 bits per heavy atom. The standard InChI is InChI=1S/C17H15N3O2S/c1-10-5-6-11(2)13(8-10)20-15(14-4-3-7-22-14)19-16(21)12(9-18)17(20)23/h3-8,15,23H,1-2H3,(H,19,21). The Morgan fingerprint density at radius 3 is 2.78 bits per heavy atom. The van der Waals surface area contributed by atoms with Crippen molar-refractivity contribution < 1.29 is 9.21 Å². The van der Waals surface area contributed by atoms with Gasteiger partial charge in [-0.15, -0.1) is 12.6 Å². The summed E-state index contributed by atoms with van der Waals surface area (Å²) in [6.45, 7) is 3.96. The van der Waals surface area contributed by atoms with Crippen LogP contribution in [0.2, 0.25) is 0 Å². The zero-order valence-corrected chi connectivity index (χ0v) is 13.6. The van der Waals surface area contributed by atoms with Crippen LogP contribution in [-0.4, -0.2) is 5.91 Å². The number of rotatable bonds is 2. The van der Waals surface area contributed by atoms with Crippen molar-refractivity contribution in [3.8, 4) is 6.07 Å². The SMILES string of the molecule is Cc1ccc(C)c(N2C(S)=C(C#N)C(=O)NC2c2ccco2)c1. The van der Waals surface area contributed by atoms with Gasteiger partial charge in [0.1, 0.15) is 17.4 Å². The third-order valence-corrected chi connectivity index (χ3v) is 4.19. The highest BCUT2D eigenvalue weighted by atomic mass is 32.1. The maximum Gasteiger partial charge on any atom is 0.266 e. The average molecular weight is 325 g/mol. The molecule has 2 aromatic rings.